The summed E-state index contributed by atoms with van der Waals surface area (Å²) in [6, 6.07) is 9.73. The van der Waals surface area contributed by atoms with Crippen LogP contribution in [0, 0.1) is 0 Å². The van der Waals surface area contributed by atoms with Crippen LogP contribution in [0.25, 0.3) is 0 Å². The molecule has 2 aliphatic heterocycles. The van der Waals surface area contributed by atoms with Gasteiger partial charge >= 0.3 is 6.03 Å². The van der Waals surface area contributed by atoms with E-state index >= 15 is 0 Å². The first kappa shape index (κ1) is 21.1. The van der Waals surface area contributed by atoms with Gasteiger partial charge in [-0.2, -0.15) is 0 Å². The first-order chi connectivity index (χ1) is 14.8. The number of amides is 5. The van der Waals surface area contributed by atoms with E-state index in [2.05, 4.69) is 21.2 Å². The number of furan rings is 1. The summed E-state index contributed by atoms with van der Waals surface area (Å²) in [6.07, 6.45) is 1.44. The van der Waals surface area contributed by atoms with Crippen molar-refractivity contribution in [1.82, 2.24) is 20.0 Å². The van der Waals surface area contributed by atoms with E-state index in [0.29, 0.717) is 31.7 Å². The number of rotatable bonds is 4. The van der Waals surface area contributed by atoms with Gasteiger partial charge in [0.1, 0.15) is 12.1 Å². The third-order valence-corrected chi connectivity index (χ3v) is 6.17. The number of carbonyl (C=O) groups excluding carboxylic acids is 4. The molecule has 1 N–H and O–H groups in total. The van der Waals surface area contributed by atoms with Gasteiger partial charge in [0, 0.05) is 30.7 Å². The van der Waals surface area contributed by atoms with Crippen molar-refractivity contribution in [1.29, 1.82) is 0 Å². The molecule has 162 valence electrons. The minimum absolute atomic E-state index is 0.225. The topological polar surface area (TPSA) is 103 Å². The molecule has 0 saturated carbocycles. The summed E-state index contributed by atoms with van der Waals surface area (Å²) in [7, 11) is 0. The van der Waals surface area contributed by atoms with Crippen molar-refractivity contribution >= 4 is 39.7 Å². The maximum absolute atomic E-state index is 13.0. The lowest BCUT2D eigenvalue weighted by atomic mass is 9.92. The lowest BCUT2D eigenvalue weighted by Gasteiger charge is -2.34. The molecular formula is C21H21BrN4O5. The highest BCUT2D eigenvalue weighted by Gasteiger charge is 2.49. The molecule has 4 rings (SSSR count). The minimum Gasteiger partial charge on any atom is -0.459 e. The molecule has 2 fully saturated rings. The molecule has 0 unspecified atom stereocenters. The Hall–Kier alpha value is -3.14. The first-order valence-electron chi connectivity index (χ1n) is 9.80. The van der Waals surface area contributed by atoms with Crippen LogP contribution >= 0.6 is 15.9 Å². The SMILES string of the molecule is C[C@]1(c2ccc(Br)cc2)NC(=O)N(CC(=O)N2CCN(C(=O)c3ccco3)CC2)C1=O. The van der Waals surface area contributed by atoms with Crippen molar-refractivity contribution in [3.8, 4) is 0 Å². The zero-order chi connectivity index (χ0) is 22.2. The Morgan fingerprint density at radius 2 is 1.71 bits per heavy atom. The largest absolute Gasteiger partial charge is 0.459 e. The quantitative estimate of drug-likeness (QED) is 0.660. The van der Waals surface area contributed by atoms with E-state index in [1.165, 1.54) is 6.26 Å². The number of nitrogens with one attached hydrogen (secondary N) is 1. The van der Waals surface area contributed by atoms with Crippen LogP contribution in [-0.2, 0) is 15.1 Å². The van der Waals surface area contributed by atoms with E-state index in [1.807, 2.05) is 0 Å². The van der Waals surface area contributed by atoms with E-state index in [1.54, 1.807) is 53.1 Å². The van der Waals surface area contributed by atoms with Crippen LogP contribution in [0.2, 0.25) is 0 Å². The summed E-state index contributed by atoms with van der Waals surface area (Å²) in [5, 5.41) is 2.70. The Morgan fingerprint density at radius 3 is 2.32 bits per heavy atom. The van der Waals surface area contributed by atoms with Crippen LogP contribution in [-0.4, -0.2) is 71.2 Å². The predicted octanol–water partition coefficient (Wildman–Crippen LogP) is 1.79. The molecule has 2 aromatic rings. The Labute approximate surface area is 187 Å². The zero-order valence-corrected chi connectivity index (χ0v) is 18.4. The standard InChI is InChI=1S/C21H21BrN4O5/c1-21(14-4-6-15(22)7-5-14)19(29)26(20(30)23-21)13-17(27)24-8-10-25(11-9-24)18(28)16-3-2-12-31-16/h2-7,12H,8-11,13H2,1H3,(H,23,30)/t21-/m1/s1. The van der Waals surface area contributed by atoms with Gasteiger partial charge in [-0.15, -0.1) is 0 Å². The van der Waals surface area contributed by atoms with Crippen LogP contribution in [0.5, 0.6) is 0 Å². The second-order valence-corrected chi connectivity index (χ2v) is 8.52. The van der Waals surface area contributed by atoms with Gasteiger partial charge < -0.3 is 19.5 Å². The third kappa shape index (κ3) is 3.95. The van der Waals surface area contributed by atoms with E-state index in [-0.39, 0.29) is 24.1 Å². The Kier molecular flexibility index (Phi) is 5.57. The number of halogens is 1. The van der Waals surface area contributed by atoms with Gasteiger partial charge in [-0.05, 0) is 36.8 Å². The summed E-state index contributed by atoms with van der Waals surface area (Å²) >= 11 is 3.35. The van der Waals surface area contributed by atoms with Gasteiger partial charge in [-0.3, -0.25) is 19.3 Å². The van der Waals surface area contributed by atoms with Crippen LogP contribution in [0.15, 0.2) is 51.6 Å². The van der Waals surface area contributed by atoms with Gasteiger partial charge in [0.2, 0.25) is 5.91 Å². The summed E-state index contributed by atoms with van der Waals surface area (Å²) in [5.41, 5.74) is -0.597. The average molecular weight is 489 g/mol. The second kappa shape index (κ2) is 8.18. The molecule has 1 aromatic heterocycles. The molecule has 5 amide bonds. The van der Waals surface area contributed by atoms with E-state index < -0.39 is 17.5 Å². The van der Waals surface area contributed by atoms with Gasteiger partial charge in [-0.1, -0.05) is 28.1 Å². The molecule has 0 bridgehead atoms. The van der Waals surface area contributed by atoms with Gasteiger partial charge in [-0.25, -0.2) is 4.79 Å². The van der Waals surface area contributed by atoms with Crippen molar-refractivity contribution in [3.63, 3.8) is 0 Å². The highest BCUT2D eigenvalue weighted by atomic mass is 79.9. The number of imide groups is 1. The number of carbonyl (C=O) groups is 4. The number of nitrogens with zero attached hydrogens (tertiary/aromatic N) is 3. The molecule has 31 heavy (non-hydrogen) atoms. The highest BCUT2D eigenvalue weighted by molar-refractivity contribution is 9.10. The lowest BCUT2D eigenvalue weighted by molar-refractivity contribution is -0.139. The van der Waals surface area contributed by atoms with E-state index in [4.69, 9.17) is 4.42 Å². The van der Waals surface area contributed by atoms with Crippen molar-refractivity contribution in [2.24, 2.45) is 0 Å². The van der Waals surface area contributed by atoms with E-state index in [0.717, 1.165) is 9.37 Å². The fraction of sp³-hybridized carbons (Fsp3) is 0.333. The van der Waals surface area contributed by atoms with Crippen molar-refractivity contribution in [2.45, 2.75) is 12.5 Å². The molecular weight excluding hydrogens is 468 g/mol. The van der Waals surface area contributed by atoms with Crippen molar-refractivity contribution in [3.05, 3.63) is 58.5 Å². The average Bonchev–Trinajstić information content (AvgIpc) is 3.38. The molecule has 9 nitrogen and oxygen atoms in total. The Morgan fingerprint density at radius 1 is 1.06 bits per heavy atom. The zero-order valence-electron chi connectivity index (χ0n) is 16.8. The predicted molar refractivity (Wildman–Crippen MR) is 113 cm³/mol. The van der Waals surface area contributed by atoms with Gasteiger partial charge in [0.05, 0.1) is 6.26 Å². The molecule has 1 aromatic carbocycles. The number of hydrogen-bond donors (Lipinski definition) is 1. The Balaban J connectivity index is 1.37. The number of piperazine rings is 1. The summed E-state index contributed by atoms with van der Waals surface area (Å²) in [5.74, 6) is -0.781. The first-order valence-corrected chi connectivity index (χ1v) is 10.6. The maximum Gasteiger partial charge on any atom is 0.325 e. The minimum atomic E-state index is -1.23. The number of urea groups is 1. The molecule has 3 heterocycles. The Bertz CT molecular complexity index is 1010. The normalized spacial score (nSPS) is 21.4. The van der Waals surface area contributed by atoms with E-state index in [9.17, 15) is 19.2 Å². The maximum atomic E-state index is 13.0. The fourth-order valence-electron chi connectivity index (χ4n) is 3.77. The molecule has 0 aliphatic carbocycles. The van der Waals surface area contributed by atoms with Crippen molar-refractivity contribution < 1.29 is 23.6 Å². The summed E-state index contributed by atoms with van der Waals surface area (Å²) < 4.78 is 5.99. The smallest absolute Gasteiger partial charge is 0.325 e. The molecule has 0 spiro atoms. The van der Waals surface area contributed by atoms with Crippen LogP contribution in [0.4, 0.5) is 4.79 Å². The van der Waals surface area contributed by atoms with Gasteiger partial charge in [0.25, 0.3) is 11.8 Å². The second-order valence-electron chi connectivity index (χ2n) is 7.60. The van der Waals surface area contributed by atoms with Crippen LogP contribution in [0.1, 0.15) is 23.0 Å². The molecule has 2 saturated heterocycles. The monoisotopic (exact) mass is 488 g/mol. The number of benzene rings is 1. The summed E-state index contributed by atoms with van der Waals surface area (Å²) in [6.45, 7) is 2.62. The molecule has 0 radical (unpaired) electrons. The molecule has 1 atom stereocenters. The lowest BCUT2D eigenvalue weighted by Crippen LogP contribution is -2.53. The molecule has 10 heteroatoms. The number of hydrogen-bond acceptors (Lipinski definition) is 5. The van der Waals surface area contributed by atoms with Crippen LogP contribution < -0.4 is 5.32 Å². The molecule has 2 aliphatic rings. The highest BCUT2D eigenvalue weighted by Crippen LogP contribution is 2.29. The summed E-state index contributed by atoms with van der Waals surface area (Å²) in [4.78, 5) is 54.7. The van der Waals surface area contributed by atoms with Crippen molar-refractivity contribution in [2.75, 3.05) is 32.7 Å². The van der Waals surface area contributed by atoms with Gasteiger partial charge in [0.15, 0.2) is 5.76 Å². The fourth-order valence-corrected chi connectivity index (χ4v) is 4.03. The van der Waals surface area contributed by atoms with Crippen LogP contribution in [0.3, 0.4) is 0 Å². The third-order valence-electron chi connectivity index (χ3n) is 5.64.